The Bertz CT molecular complexity index is 1030. The fraction of sp³-hybridized carbons (Fsp3) is 0.211. The molecule has 0 radical (unpaired) electrons. The average Bonchev–Trinajstić information content (AvgIpc) is 3.10. The van der Waals surface area contributed by atoms with E-state index in [1.54, 1.807) is 12.1 Å². The Morgan fingerprint density at radius 3 is 2.59 bits per heavy atom. The van der Waals surface area contributed by atoms with Crippen molar-refractivity contribution < 1.29 is 17.9 Å². The van der Waals surface area contributed by atoms with Gasteiger partial charge in [0, 0.05) is 23.6 Å². The van der Waals surface area contributed by atoms with Crippen LogP contribution in [0.2, 0.25) is 0 Å². The minimum atomic E-state index is -3.75. The second kappa shape index (κ2) is 8.24. The topological polar surface area (TPSA) is 100 Å². The fourth-order valence-corrected chi connectivity index (χ4v) is 3.72. The first-order valence-electron chi connectivity index (χ1n) is 8.45. The van der Waals surface area contributed by atoms with E-state index in [2.05, 4.69) is 15.0 Å². The number of carbonyl (C=O) groups is 1. The molecular formula is C19H21N3O4S. The number of ether oxygens (including phenoxy) is 1. The van der Waals surface area contributed by atoms with Gasteiger partial charge >= 0.3 is 0 Å². The van der Waals surface area contributed by atoms with Gasteiger partial charge in [-0.2, -0.15) is 0 Å². The number of benzene rings is 2. The van der Waals surface area contributed by atoms with E-state index in [0.717, 1.165) is 16.5 Å². The van der Waals surface area contributed by atoms with Gasteiger partial charge in [-0.25, -0.2) is 13.1 Å². The highest BCUT2D eigenvalue weighted by Crippen LogP contribution is 2.17. The van der Waals surface area contributed by atoms with Gasteiger partial charge in [-0.05, 0) is 42.3 Å². The molecule has 1 aromatic heterocycles. The summed E-state index contributed by atoms with van der Waals surface area (Å²) in [5.41, 5.74) is 2.15. The molecule has 2 aromatic carbocycles. The van der Waals surface area contributed by atoms with Gasteiger partial charge in [0.15, 0.2) is 0 Å². The van der Waals surface area contributed by atoms with Gasteiger partial charge in [-0.15, -0.1) is 0 Å². The van der Waals surface area contributed by atoms with Crippen LogP contribution in [0.5, 0.6) is 5.75 Å². The molecular weight excluding hydrogens is 366 g/mol. The van der Waals surface area contributed by atoms with Crippen molar-refractivity contribution in [1.82, 2.24) is 15.0 Å². The minimum absolute atomic E-state index is 0.0786. The van der Waals surface area contributed by atoms with Crippen LogP contribution in [0.3, 0.4) is 0 Å². The van der Waals surface area contributed by atoms with Gasteiger partial charge < -0.3 is 15.0 Å². The van der Waals surface area contributed by atoms with Crippen molar-refractivity contribution in [3.8, 4) is 5.75 Å². The Morgan fingerprint density at radius 2 is 1.85 bits per heavy atom. The molecule has 142 valence electrons. The number of rotatable bonds is 8. The van der Waals surface area contributed by atoms with Crippen LogP contribution in [-0.4, -0.2) is 39.5 Å². The van der Waals surface area contributed by atoms with Crippen LogP contribution in [0.1, 0.15) is 5.56 Å². The molecule has 0 spiro atoms. The van der Waals surface area contributed by atoms with E-state index in [0.29, 0.717) is 18.7 Å². The first kappa shape index (κ1) is 18.9. The maximum Gasteiger partial charge on any atom is 0.241 e. The zero-order valence-electron chi connectivity index (χ0n) is 14.9. The zero-order valence-corrected chi connectivity index (χ0v) is 15.7. The SMILES string of the molecule is COc1ccc(S(=O)(=O)NCC(=O)NCCc2c[nH]c3ccccc23)cc1. The average molecular weight is 387 g/mol. The number of carbonyl (C=O) groups excluding carboxylic acids is 1. The van der Waals surface area contributed by atoms with Crippen LogP contribution in [0.4, 0.5) is 0 Å². The summed E-state index contributed by atoms with van der Waals surface area (Å²) in [6.07, 6.45) is 2.57. The molecule has 3 N–H and O–H groups in total. The molecule has 0 unspecified atom stereocenters. The third-order valence-electron chi connectivity index (χ3n) is 4.18. The summed E-state index contributed by atoms with van der Waals surface area (Å²) in [4.78, 5) is 15.2. The third kappa shape index (κ3) is 4.66. The van der Waals surface area contributed by atoms with Crippen molar-refractivity contribution in [2.45, 2.75) is 11.3 Å². The predicted molar refractivity (Wildman–Crippen MR) is 103 cm³/mol. The lowest BCUT2D eigenvalue weighted by atomic mass is 10.1. The molecule has 0 fully saturated rings. The van der Waals surface area contributed by atoms with Crippen LogP contribution in [-0.2, 0) is 21.2 Å². The van der Waals surface area contributed by atoms with Crippen LogP contribution in [0.25, 0.3) is 10.9 Å². The van der Waals surface area contributed by atoms with Gasteiger partial charge in [0.1, 0.15) is 5.75 Å². The molecule has 3 rings (SSSR count). The molecule has 0 bridgehead atoms. The maximum atomic E-state index is 12.2. The second-order valence-electron chi connectivity index (χ2n) is 5.96. The molecule has 0 aliphatic carbocycles. The Morgan fingerprint density at radius 1 is 1.11 bits per heavy atom. The molecule has 8 heteroatoms. The van der Waals surface area contributed by atoms with E-state index in [1.807, 2.05) is 30.5 Å². The molecule has 0 saturated carbocycles. The number of fused-ring (bicyclic) bond motifs is 1. The highest BCUT2D eigenvalue weighted by Gasteiger charge is 2.15. The van der Waals surface area contributed by atoms with E-state index in [4.69, 9.17) is 4.74 Å². The standard InChI is InChI=1S/C19H21N3O4S/c1-26-15-6-8-16(9-7-15)27(24,25)22-13-19(23)20-11-10-14-12-21-18-5-3-2-4-17(14)18/h2-9,12,21-22H,10-11,13H2,1H3,(H,20,23). The number of nitrogens with one attached hydrogen (secondary N) is 3. The quantitative estimate of drug-likeness (QED) is 0.549. The number of aromatic nitrogens is 1. The predicted octanol–water partition coefficient (Wildman–Crippen LogP) is 1.81. The number of methoxy groups -OCH3 is 1. The van der Waals surface area contributed by atoms with Crippen molar-refractivity contribution in [1.29, 1.82) is 0 Å². The Labute approximate surface area is 157 Å². The van der Waals surface area contributed by atoms with Crippen molar-refractivity contribution in [3.63, 3.8) is 0 Å². The lowest BCUT2D eigenvalue weighted by Crippen LogP contribution is -2.37. The van der Waals surface area contributed by atoms with Gasteiger partial charge in [0.25, 0.3) is 0 Å². The smallest absolute Gasteiger partial charge is 0.241 e. The van der Waals surface area contributed by atoms with Crippen LogP contribution >= 0.6 is 0 Å². The fourth-order valence-electron chi connectivity index (χ4n) is 2.74. The first-order valence-corrected chi connectivity index (χ1v) is 9.93. The number of hydrogen-bond donors (Lipinski definition) is 3. The third-order valence-corrected chi connectivity index (χ3v) is 5.60. The molecule has 1 amide bonds. The summed E-state index contributed by atoms with van der Waals surface area (Å²) in [7, 11) is -2.25. The lowest BCUT2D eigenvalue weighted by molar-refractivity contribution is -0.119. The monoisotopic (exact) mass is 387 g/mol. The van der Waals surface area contributed by atoms with Crippen molar-refractivity contribution in [3.05, 3.63) is 60.3 Å². The number of H-pyrrole nitrogens is 1. The summed E-state index contributed by atoms with van der Waals surface area (Å²) in [5.74, 6) is 0.177. The largest absolute Gasteiger partial charge is 0.497 e. The summed E-state index contributed by atoms with van der Waals surface area (Å²) >= 11 is 0. The second-order valence-corrected chi connectivity index (χ2v) is 7.73. The van der Waals surface area contributed by atoms with Gasteiger partial charge in [-0.3, -0.25) is 4.79 Å². The van der Waals surface area contributed by atoms with E-state index in [1.165, 1.54) is 19.2 Å². The molecule has 3 aromatic rings. The Kier molecular flexibility index (Phi) is 5.78. The Balaban J connectivity index is 1.49. The molecule has 7 nitrogen and oxygen atoms in total. The number of hydrogen-bond acceptors (Lipinski definition) is 4. The summed E-state index contributed by atoms with van der Waals surface area (Å²) in [6, 6.07) is 13.9. The van der Waals surface area contributed by atoms with Crippen LogP contribution in [0.15, 0.2) is 59.6 Å². The highest BCUT2D eigenvalue weighted by atomic mass is 32.2. The van der Waals surface area contributed by atoms with Crippen molar-refractivity contribution in [2.24, 2.45) is 0 Å². The van der Waals surface area contributed by atoms with Gasteiger partial charge in [0.2, 0.25) is 15.9 Å². The van der Waals surface area contributed by atoms with E-state index in [9.17, 15) is 13.2 Å². The highest BCUT2D eigenvalue weighted by molar-refractivity contribution is 7.89. The van der Waals surface area contributed by atoms with Crippen LogP contribution in [0, 0.1) is 0 Å². The number of sulfonamides is 1. The maximum absolute atomic E-state index is 12.2. The van der Waals surface area contributed by atoms with Gasteiger partial charge in [-0.1, -0.05) is 18.2 Å². The van der Waals surface area contributed by atoms with Gasteiger partial charge in [0.05, 0.1) is 18.6 Å². The zero-order chi connectivity index (χ0) is 19.3. The van der Waals surface area contributed by atoms with E-state index < -0.39 is 10.0 Å². The van der Waals surface area contributed by atoms with E-state index >= 15 is 0 Å². The molecule has 0 atom stereocenters. The summed E-state index contributed by atoms with van der Waals surface area (Å²) < 4.78 is 31.7. The minimum Gasteiger partial charge on any atom is -0.497 e. The molecule has 0 aliphatic heterocycles. The number of amides is 1. The normalized spacial score (nSPS) is 11.4. The molecule has 1 heterocycles. The van der Waals surface area contributed by atoms with Crippen LogP contribution < -0.4 is 14.8 Å². The molecule has 27 heavy (non-hydrogen) atoms. The van der Waals surface area contributed by atoms with Crippen molar-refractivity contribution in [2.75, 3.05) is 20.2 Å². The number of aromatic amines is 1. The van der Waals surface area contributed by atoms with Crippen molar-refractivity contribution >= 4 is 26.8 Å². The molecule has 0 aliphatic rings. The summed E-state index contributed by atoms with van der Waals surface area (Å²) in [5, 5.41) is 3.85. The lowest BCUT2D eigenvalue weighted by Gasteiger charge is -2.08. The first-order chi connectivity index (χ1) is 13.0. The number of para-hydroxylation sites is 1. The molecule has 0 saturated heterocycles. The Hall–Kier alpha value is -2.84. The van der Waals surface area contributed by atoms with E-state index in [-0.39, 0.29) is 17.3 Å². The summed E-state index contributed by atoms with van der Waals surface area (Å²) in [6.45, 7) is 0.104.